The monoisotopic (exact) mass is 196 g/mol. The third kappa shape index (κ3) is 1.96. The molecule has 14 heavy (non-hydrogen) atoms. The Balaban J connectivity index is 1.92. The Hall–Kier alpha value is -0.0800. The molecule has 2 bridgehead atoms. The molecule has 0 aromatic carbocycles. The lowest BCUT2D eigenvalue weighted by Crippen LogP contribution is -2.54. The van der Waals surface area contributed by atoms with Gasteiger partial charge in [0.2, 0.25) is 0 Å². The standard InChI is InChI=1S/C12H24N2/c1-4-14-11-5-6-12(14)9-13(8-11)7-10(2)3/h10-12H,4-9H2,1-3H3/t11-,12+. The Kier molecular flexibility index (Phi) is 3.13. The van der Waals surface area contributed by atoms with Crippen LogP contribution >= 0.6 is 0 Å². The van der Waals surface area contributed by atoms with E-state index in [0.29, 0.717) is 0 Å². The van der Waals surface area contributed by atoms with Crippen LogP contribution in [0.15, 0.2) is 0 Å². The van der Waals surface area contributed by atoms with Gasteiger partial charge in [-0.15, -0.1) is 0 Å². The van der Waals surface area contributed by atoms with E-state index in [-0.39, 0.29) is 0 Å². The highest BCUT2D eigenvalue weighted by atomic mass is 15.3. The van der Waals surface area contributed by atoms with Gasteiger partial charge in [0.15, 0.2) is 0 Å². The van der Waals surface area contributed by atoms with E-state index in [2.05, 4.69) is 30.6 Å². The second-order valence-electron chi connectivity index (χ2n) is 5.33. The minimum Gasteiger partial charge on any atom is -0.300 e. The first-order chi connectivity index (χ1) is 6.70. The summed E-state index contributed by atoms with van der Waals surface area (Å²) in [6.07, 6.45) is 2.88. The predicted molar refractivity (Wildman–Crippen MR) is 60.5 cm³/mol. The molecule has 2 nitrogen and oxygen atoms in total. The summed E-state index contributed by atoms with van der Waals surface area (Å²) in [6.45, 7) is 12.2. The maximum absolute atomic E-state index is 2.72. The van der Waals surface area contributed by atoms with Crippen LogP contribution in [0.5, 0.6) is 0 Å². The van der Waals surface area contributed by atoms with E-state index in [0.717, 1.165) is 18.0 Å². The first-order valence-corrected chi connectivity index (χ1v) is 6.18. The van der Waals surface area contributed by atoms with Gasteiger partial charge in [-0.2, -0.15) is 0 Å². The van der Waals surface area contributed by atoms with Crippen molar-refractivity contribution < 1.29 is 0 Å². The van der Waals surface area contributed by atoms with E-state index in [1.54, 1.807) is 0 Å². The van der Waals surface area contributed by atoms with Gasteiger partial charge in [-0.05, 0) is 25.3 Å². The summed E-state index contributed by atoms with van der Waals surface area (Å²) in [5, 5.41) is 0. The molecule has 2 atom stereocenters. The topological polar surface area (TPSA) is 6.48 Å². The van der Waals surface area contributed by atoms with Gasteiger partial charge in [0.1, 0.15) is 0 Å². The Labute approximate surface area is 88.3 Å². The number of hydrogen-bond donors (Lipinski definition) is 0. The van der Waals surface area contributed by atoms with Crippen molar-refractivity contribution in [3.05, 3.63) is 0 Å². The number of hydrogen-bond acceptors (Lipinski definition) is 2. The number of nitrogens with zero attached hydrogens (tertiary/aromatic N) is 2. The number of fused-ring (bicyclic) bond motifs is 2. The molecule has 82 valence electrons. The Morgan fingerprint density at radius 2 is 1.71 bits per heavy atom. The first kappa shape index (κ1) is 10.4. The van der Waals surface area contributed by atoms with Crippen molar-refractivity contribution in [1.82, 2.24) is 9.80 Å². The highest BCUT2D eigenvalue weighted by Gasteiger charge is 2.38. The third-order valence-corrected chi connectivity index (χ3v) is 3.70. The average molecular weight is 196 g/mol. The minimum atomic E-state index is 0.822. The largest absolute Gasteiger partial charge is 0.300 e. The summed E-state index contributed by atoms with van der Waals surface area (Å²) in [4.78, 5) is 5.40. The van der Waals surface area contributed by atoms with Crippen molar-refractivity contribution in [3.63, 3.8) is 0 Å². The van der Waals surface area contributed by atoms with Crippen LogP contribution in [0.2, 0.25) is 0 Å². The molecular formula is C12H24N2. The van der Waals surface area contributed by atoms with Crippen LogP contribution in [0.25, 0.3) is 0 Å². The zero-order valence-corrected chi connectivity index (χ0v) is 9.87. The quantitative estimate of drug-likeness (QED) is 0.679. The normalized spacial score (nSPS) is 34.3. The van der Waals surface area contributed by atoms with Crippen LogP contribution in [0.1, 0.15) is 33.6 Å². The van der Waals surface area contributed by atoms with Gasteiger partial charge >= 0.3 is 0 Å². The van der Waals surface area contributed by atoms with Crippen LogP contribution in [-0.4, -0.2) is 48.1 Å². The van der Waals surface area contributed by atoms with Crippen molar-refractivity contribution in [2.75, 3.05) is 26.2 Å². The van der Waals surface area contributed by atoms with Gasteiger partial charge in [0, 0.05) is 31.7 Å². The summed E-state index contributed by atoms with van der Waals surface area (Å²) in [7, 11) is 0. The maximum atomic E-state index is 2.72. The van der Waals surface area contributed by atoms with Crippen LogP contribution in [0.4, 0.5) is 0 Å². The number of likely N-dealkylation sites (N-methyl/N-ethyl adjacent to an activating group) is 1. The molecule has 2 aliphatic heterocycles. The van der Waals surface area contributed by atoms with Crippen molar-refractivity contribution in [3.8, 4) is 0 Å². The SMILES string of the molecule is CCN1[C@@H]2CC[C@H]1CN(CC(C)C)C2. The molecular weight excluding hydrogens is 172 g/mol. The van der Waals surface area contributed by atoms with Crippen LogP contribution < -0.4 is 0 Å². The van der Waals surface area contributed by atoms with Gasteiger partial charge in [-0.25, -0.2) is 0 Å². The molecule has 0 N–H and O–H groups in total. The molecule has 2 fully saturated rings. The average Bonchev–Trinajstić information content (AvgIpc) is 2.36. The maximum Gasteiger partial charge on any atom is 0.0227 e. The minimum absolute atomic E-state index is 0.822. The van der Waals surface area contributed by atoms with Crippen LogP contribution in [0.3, 0.4) is 0 Å². The molecule has 0 aromatic heterocycles. The molecule has 0 aromatic rings. The lowest BCUT2D eigenvalue weighted by atomic mass is 10.1. The zero-order valence-electron chi connectivity index (χ0n) is 9.87. The van der Waals surface area contributed by atoms with E-state index < -0.39 is 0 Å². The van der Waals surface area contributed by atoms with E-state index in [9.17, 15) is 0 Å². The fraction of sp³-hybridized carbons (Fsp3) is 1.00. The molecule has 2 saturated heterocycles. The molecule has 2 rings (SSSR count). The fourth-order valence-electron chi connectivity index (χ4n) is 3.26. The van der Waals surface area contributed by atoms with E-state index in [1.165, 1.54) is 39.0 Å². The Morgan fingerprint density at radius 1 is 1.14 bits per heavy atom. The fourth-order valence-corrected chi connectivity index (χ4v) is 3.26. The van der Waals surface area contributed by atoms with E-state index >= 15 is 0 Å². The molecule has 0 spiro atoms. The van der Waals surface area contributed by atoms with Gasteiger partial charge in [-0.1, -0.05) is 20.8 Å². The summed E-state index contributed by atoms with van der Waals surface area (Å²) in [6, 6.07) is 1.75. The van der Waals surface area contributed by atoms with Crippen molar-refractivity contribution in [2.45, 2.75) is 45.7 Å². The van der Waals surface area contributed by atoms with Gasteiger partial charge < -0.3 is 0 Å². The smallest absolute Gasteiger partial charge is 0.0227 e. The second kappa shape index (κ2) is 4.19. The van der Waals surface area contributed by atoms with Gasteiger partial charge in [0.25, 0.3) is 0 Å². The summed E-state index contributed by atoms with van der Waals surface area (Å²) < 4.78 is 0. The number of piperazine rings is 1. The van der Waals surface area contributed by atoms with Crippen molar-refractivity contribution in [2.24, 2.45) is 5.92 Å². The summed E-state index contributed by atoms with van der Waals surface area (Å²) >= 11 is 0. The molecule has 2 aliphatic rings. The summed E-state index contributed by atoms with van der Waals surface area (Å²) in [5.41, 5.74) is 0. The molecule has 0 amide bonds. The van der Waals surface area contributed by atoms with E-state index in [4.69, 9.17) is 0 Å². The highest BCUT2D eigenvalue weighted by Crippen LogP contribution is 2.29. The van der Waals surface area contributed by atoms with Crippen LogP contribution in [0, 0.1) is 5.92 Å². The second-order valence-corrected chi connectivity index (χ2v) is 5.33. The lowest BCUT2D eigenvalue weighted by molar-refractivity contribution is 0.0647. The lowest BCUT2D eigenvalue weighted by Gasteiger charge is -2.41. The number of likely N-dealkylation sites (tertiary alicyclic amines) is 1. The summed E-state index contributed by atoms with van der Waals surface area (Å²) in [5.74, 6) is 0.822. The van der Waals surface area contributed by atoms with Crippen molar-refractivity contribution in [1.29, 1.82) is 0 Å². The molecule has 0 radical (unpaired) electrons. The third-order valence-electron chi connectivity index (χ3n) is 3.70. The number of rotatable bonds is 3. The Morgan fingerprint density at radius 3 is 2.14 bits per heavy atom. The Bertz CT molecular complexity index is 177. The zero-order chi connectivity index (χ0) is 10.1. The molecule has 2 heterocycles. The molecule has 0 unspecified atom stereocenters. The first-order valence-electron chi connectivity index (χ1n) is 6.18. The molecule has 0 aliphatic carbocycles. The van der Waals surface area contributed by atoms with E-state index in [1.807, 2.05) is 0 Å². The molecule has 2 heteroatoms. The highest BCUT2D eigenvalue weighted by molar-refractivity contribution is 4.95. The van der Waals surface area contributed by atoms with Crippen molar-refractivity contribution >= 4 is 0 Å². The predicted octanol–water partition coefficient (Wildman–Crippen LogP) is 1.81. The van der Waals surface area contributed by atoms with Crippen LogP contribution in [-0.2, 0) is 0 Å². The van der Waals surface area contributed by atoms with Gasteiger partial charge in [-0.3, -0.25) is 9.80 Å². The van der Waals surface area contributed by atoms with Gasteiger partial charge in [0.05, 0.1) is 0 Å². The molecule has 0 saturated carbocycles.